The Balaban J connectivity index is 1.94. The summed E-state index contributed by atoms with van der Waals surface area (Å²) in [5, 5.41) is 6.62. The van der Waals surface area contributed by atoms with Crippen molar-refractivity contribution in [2.45, 2.75) is 6.92 Å². The number of nitrogens with zero attached hydrogens (tertiary/aromatic N) is 2. The molecule has 3 rings (SSSR count). The van der Waals surface area contributed by atoms with Crippen LogP contribution >= 0.6 is 0 Å². The quantitative estimate of drug-likeness (QED) is 0.477. The van der Waals surface area contributed by atoms with Crippen LogP contribution in [0.15, 0.2) is 90.0 Å². The number of anilines is 2. The molecule has 0 heterocycles. The summed E-state index contributed by atoms with van der Waals surface area (Å²) in [6.07, 6.45) is 1.89. The van der Waals surface area contributed by atoms with Crippen molar-refractivity contribution in [3.05, 3.63) is 96.1 Å². The smallest absolute Gasteiger partial charge is 0.0652 e. The third-order valence-corrected chi connectivity index (χ3v) is 3.40. The zero-order chi connectivity index (χ0) is 15.2. The fourth-order valence-electron chi connectivity index (χ4n) is 2.20. The van der Waals surface area contributed by atoms with Gasteiger partial charge in [-0.3, -0.25) is 0 Å². The second-order valence-corrected chi connectivity index (χ2v) is 5.14. The molecule has 3 aromatic carbocycles. The van der Waals surface area contributed by atoms with Crippen molar-refractivity contribution >= 4 is 17.6 Å². The average Bonchev–Trinajstić information content (AvgIpc) is 2.59. The summed E-state index contributed by atoms with van der Waals surface area (Å²) in [7, 11) is 0. The average molecular weight is 286 g/mol. The van der Waals surface area contributed by atoms with Gasteiger partial charge in [0.25, 0.3) is 0 Å². The molecule has 0 unspecified atom stereocenters. The van der Waals surface area contributed by atoms with Crippen LogP contribution in [0.1, 0.15) is 11.1 Å². The van der Waals surface area contributed by atoms with Crippen LogP contribution in [-0.2, 0) is 0 Å². The molecule has 3 aromatic rings. The number of benzene rings is 3. The van der Waals surface area contributed by atoms with Crippen LogP contribution in [0.3, 0.4) is 0 Å². The van der Waals surface area contributed by atoms with Crippen LogP contribution in [0.25, 0.3) is 0 Å². The van der Waals surface area contributed by atoms with Crippen molar-refractivity contribution in [3.63, 3.8) is 0 Å². The summed E-state index contributed by atoms with van der Waals surface area (Å²) in [6.45, 7) is 2.08. The number of hydrazone groups is 1. The molecule has 0 radical (unpaired) electrons. The van der Waals surface area contributed by atoms with Gasteiger partial charge in [-0.2, -0.15) is 5.10 Å². The third-order valence-electron chi connectivity index (χ3n) is 3.40. The molecule has 0 bridgehead atoms. The molecule has 0 saturated carbocycles. The van der Waals surface area contributed by atoms with Gasteiger partial charge in [-0.05, 0) is 36.8 Å². The molecule has 2 heteroatoms. The lowest BCUT2D eigenvalue weighted by Crippen LogP contribution is -2.09. The minimum atomic E-state index is 1.04. The van der Waals surface area contributed by atoms with Crippen LogP contribution < -0.4 is 5.01 Å². The molecule has 0 amide bonds. The molecule has 0 aliphatic carbocycles. The van der Waals surface area contributed by atoms with Crippen LogP contribution in [-0.4, -0.2) is 6.21 Å². The van der Waals surface area contributed by atoms with Crippen molar-refractivity contribution in [1.82, 2.24) is 0 Å². The van der Waals surface area contributed by atoms with Gasteiger partial charge < -0.3 is 0 Å². The van der Waals surface area contributed by atoms with Crippen molar-refractivity contribution in [1.29, 1.82) is 0 Å². The molecular weight excluding hydrogens is 268 g/mol. The topological polar surface area (TPSA) is 15.6 Å². The van der Waals surface area contributed by atoms with Gasteiger partial charge in [0.05, 0.1) is 17.6 Å². The highest BCUT2D eigenvalue weighted by atomic mass is 15.5. The third kappa shape index (κ3) is 3.41. The lowest BCUT2D eigenvalue weighted by molar-refractivity contribution is 1.09. The monoisotopic (exact) mass is 286 g/mol. The summed E-state index contributed by atoms with van der Waals surface area (Å²) in [5.74, 6) is 0. The second-order valence-electron chi connectivity index (χ2n) is 5.14. The Morgan fingerprint density at radius 3 is 1.68 bits per heavy atom. The fraction of sp³-hybridized carbons (Fsp3) is 0.0500. The summed E-state index contributed by atoms with van der Waals surface area (Å²) in [4.78, 5) is 0. The number of para-hydroxylation sites is 2. The largest absolute Gasteiger partial charge is 0.234 e. The SMILES string of the molecule is Cc1ccc(/C=N/N(c2ccccc2)c2ccccc2)cc1. The van der Waals surface area contributed by atoms with Gasteiger partial charge in [-0.1, -0.05) is 66.2 Å². The van der Waals surface area contributed by atoms with Crippen molar-refractivity contribution in [2.24, 2.45) is 5.10 Å². The van der Waals surface area contributed by atoms with Crippen LogP contribution in [0.2, 0.25) is 0 Å². The number of aryl methyl sites for hydroxylation is 1. The Kier molecular flexibility index (Phi) is 4.30. The molecule has 108 valence electrons. The van der Waals surface area contributed by atoms with Gasteiger partial charge in [0.2, 0.25) is 0 Å². The van der Waals surface area contributed by atoms with Gasteiger partial charge >= 0.3 is 0 Å². The minimum absolute atomic E-state index is 1.04. The summed E-state index contributed by atoms with van der Waals surface area (Å²) >= 11 is 0. The first-order chi connectivity index (χ1) is 10.8. The van der Waals surface area contributed by atoms with E-state index in [1.165, 1.54) is 5.56 Å². The maximum absolute atomic E-state index is 4.67. The normalized spacial score (nSPS) is 10.8. The molecule has 0 fully saturated rings. The van der Waals surface area contributed by atoms with Gasteiger partial charge in [-0.25, -0.2) is 5.01 Å². The number of hydrogen-bond acceptors (Lipinski definition) is 2. The predicted octanol–water partition coefficient (Wildman–Crippen LogP) is 5.17. The van der Waals surface area contributed by atoms with Gasteiger partial charge in [0.1, 0.15) is 0 Å². The highest BCUT2D eigenvalue weighted by Gasteiger charge is 2.06. The van der Waals surface area contributed by atoms with Crippen LogP contribution in [0, 0.1) is 6.92 Å². The number of hydrogen-bond donors (Lipinski definition) is 0. The van der Waals surface area contributed by atoms with Crippen molar-refractivity contribution in [2.75, 3.05) is 5.01 Å². The van der Waals surface area contributed by atoms with E-state index in [-0.39, 0.29) is 0 Å². The Morgan fingerprint density at radius 1 is 0.682 bits per heavy atom. The summed E-state index contributed by atoms with van der Waals surface area (Å²) in [5.41, 5.74) is 4.41. The van der Waals surface area contributed by atoms with E-state index in [0.29, 0.717) is 0 Å². The summed E-state index contributed by atoms with van der Waals surface area (Å²) < 4.78 is 0. The molecule has 0 aromatic heterocycles. The molecule has 22 heavy (non-hydrogen) atoms. The number of rotatable bonds is 4. The fourth-order valence-corrected chi connectivity index (χ4v) is 2.20. The first-order valence-electron chi connectivity index (χ1n) is 7.34. The van der Waals surface area contributed by atoms with E-state index in [4.69, 9.17) is 0 Å². The van der Waals surface area contributed by atoms with Gasteiger partial charge in [0.15, 0.2) is 0 Å². The van der Waals surface area contributed by atoms with E-state index in [2.05, 4.69) is 60.6 Å². The van der Waals surface area contributed by atoms with Crippen molar-refractivity contribution in [3.8, 4) is 0 Å². The van der Waals surface area contributed by atoms with E-state index >= 15 is 0 Å². The van der Waals surface area contributed by atoms with Crippen molar-refractivity contribution < 1.29 is 0 Å². The van der Waals surface area contributed by atoms with E-state index in [0.717, 1.165) is 16.9 Å². The van der Waals surface area contributed by atoms with E-state index in [9.17, 15) is 0 Å². The molecule has 0 spiro atoms. The first-order valence-corrected chi connectivity index (χ1v) is 7.34. The molecule has 0 saturated heterocycles. The Morgan fingerprint density at radius 2 is 1.18 bits per heavy atom. The van der Waals surface area contributed by atoms with Gasteiger partial charge in [0, 0.05) is 0 Å². The first kappa shape index (κ1) is 14.1. The maximum atomic E-state index is 4.67. The second kappa shape index (κ2) is 6.72. The zero-order valence-electron chi connectivity index (χ0n) is 12.6. The summed E-state index contributed by atoms with van der Waals surface area (Å²) in [6, 6.07) is 28.7. The molecule has 0 N–H and O–H groups in total. The lowest BCUT2D eigenvalue weighted by atomic mass is 10.2. The minimum Gasteiger partial charge on any atom is -0.234 e. The van der Waals surface area contributed by atoms with Gasteiger partial charge in [-0.15, -0.1) is 0 Å². The van der Waals surface area contributed by atoms with E-state index in [1.807, 2.05) is 47.6 Å². The molecule has 0 aliphatic rings. The predicted molar refractivity (Wildman–Crippen MR) is 93.8 cm³/mol. The highest BCUT2D eigenvalue weighted by Crippen LogP contribution is 2.25. The standard InChI is InChI=1S/C20H18N2/c1-17-12-14-18(15-13-17)16-21-22(19-8-4-2-5-9-19)20-10-6-3-7-11-20/h2-16H,1H3/b21-16+. The Labute approximate surface area is 131 Å². The van der Waals surface area contributed by atoms with E-state index < -0.39 is 0 Å². The van der Waals surface area contributed by atoms with E-state index in [1.54, 1.807) is 0 Å². The lowest BCUT2D eigenvalue weighted by Gasteiger charge is -2.19. The van der Waals surface area contributed by atoms with Crippen LogP contribution in [0.5, 0.6) is 0 Å². The van der Waals surface area contributed by atoms with Crippen LogP contribution in [0.4, 0.5) is 11.4 Å². The molecule has 0 atom stereocenters. The highest BCUT2D eigenvalue weighted by molar-refractivity contribution is 5.81. The Hall–Kier alpha value is -2.87. The molecule has 0 aliphatic heterocycles. The molecular formula is C20H18N2. The Bertz CT molecular complexity index is 692. The zero-order valence-corrected chi connectivity index (χ0v) is 12.6. The molecule has 2 nitrogen and oxygen atoms in total. The maximum Gasteiger partial charge on any atom is 0.0652 e.